The first kappa shape index (κ1) is 68.2. The highest BCUT2D eigenvalue weighted by molar-refractivity contribution is 5.70. The van der Waals surface area contributed by atoms with Crippen LogP contribution in [0.5, 0.6) is 0 Å². The van der Waals surface area contributed by atoms with Gasteiger partial charge in [-0.3, -0.25) is 24.2 Å². The van der Waals surface area contributed by atoms with Crippen LogP contribution in [0.1, 0.15) is 271 Å². The van der Waals surface area contributed by atoms with Gasteiger partial charge >= 0.3 is 17.9 Å². The number of ether oxygens (including phenoxy) is 3. The van der Waals surface area contributed by atoms with E-state index in [1.54, 1.807) is 0 Å². The largest absolute Gasteiger partial charge is 0.466 e. The second kappa shape index (κ2) is 54.0. The van der Waals surface area contributed by atoms with Gasteiger partial charge in [-0.05, 0) is 19.3 Å². The Bertz CT molecular complexity index is 1130. The summed E-state index contributed by atoms with van der Waals surface area (Å²) in [6.45, 7) is 19.1. The molecule has 0 amide bonds. The molecule has 426 valence electrons. The van der Waals surface area contributed by atoms with Crippen molar-refractivity contribution in [3.8, 4) is 0 Å². The van der Waals surface area contributed by atoms with E-state index in [-0.39, 0.29) is 17.9 Å². The number of esters is 3. The van der Waals surface area contributed by atoms with Crippen molar-refractivity contribution in [2.75, 3.05) is 105 Å². The fourth-order valence-electron chi connectivity index (χ4n) is 10.0. The zero-order chi connectivity index (χ0) is 52.1. The molecule has 0 bridgehead atoms. The Labute approximate surface area is 446 Å². The molecule has 0 radical (unpaired) electrons. The van der Waals surface area contributed by atoms with Gasteiger partial charge in [0.1, 0.15) is 0 Å². The van der Waals surface area contributed by atoms with Gasteiger partial charge in [0, 0.05) is 85.1 Å². The number of nitrogens with two attached hydrogens (primary N) is 1. The van der Waals surface area contributed by atoms with Gasteiger partial charge < -0.3 is 29.7 Å². The van der Waals surface area contributed by atoms with Gasteiger partial charge in [0.2, 0.25) is 0 Å². The maximum Gasteiger partial charge on any atom is 0.307 e. The van der Waals surface area contributed by atoms with Crippen LogP contribution in [0, 0.1) is 0 Å². The molecule has 1 fully saturated rings. The maximum absolute atomic E-state index is 12.8. The molecule has 0 unspecified atom stereocenters. The molecule has 0 aromatic heterocycles. The van der Waals surface area contributed by atoms with Crippen molar-refractivity contribution in [2.45, 2.75) is 271 Å². The molecule has 0 aromatic rings. The lowest BCUT2D eigenvalue weighted by Gasteiger charge is -2.36. The van der Waals surface area contributed by atoms with E-state index in [2.05, 4.69) is 40.4 Å². The van der Waals surface area contributed by atoms with Crippen molar-refractivity contribution in [3.63, 3.8) is 0 Å². The van der Waals surface area contributed by atoms with Crippen molar-refractivity contribution in [2.24, 2.45) is 5.73 Å². The standard InChI is InChI=1S/C61H121N5O6/c1-4-7-10-13-16-19-22-25-28-31-34-37-56-70-59(67)40-44-63(45-41-60(68)71-57-38-35-32-29-26-23-20-17-14-11-8-5-2)48-50-65-52-54-66(55-53-65)51-49-64(47-43-62)46-42-61(69)72-58-39-36-33-30-27-24-21-18-15-12-9-6-3/h4-58,62H2,1-3H3. The van der Waals surface area contributed by atoms with E-state index >= 15 is 0 Å². The molecule has 0 saturated carbocycles. The molecular weight excluding hydrogens is 899 g/mol. The number of unbranched alkanes of at least 4 members (excludes halogenated alkanes) is 33. The third-order valence-electron chi connectivity index (χ3n) is 15.1. The summed E-state index contributed by atoms with van der Waals surface area (Å²) in [7, 11) is 0. The molecule has 1 aliphatic rings. The number of hydrogen-bond acceptors (Lipinski definition) is 11. The highest BCUT2D eigenvalue weighted by Gasteiger charge is 2.20. The first-order chi connectivity index (χ1) is 35.4. The maximum atomic E-state index is 12.8. The van der Waals surface area contributed by atoms with Crippen molar-refractivity contribution >= 4 is 17.9 Å². The van der Waals surface area contributed by atoms with Crippen molar-refractivity contribution in [1.82, 2.24) is 19.6 Å². The van der Waals surface area contributed by atoms with Gasteiger partial charge in [-0.15, -0.1) is 0 Å². The van der Waals surface area contributed by atoms with Gasteiger partial charge in [-0.25, -0.2) is 0 Å². The zero-order valence-electron chi connectivity index (χ0n) is 48.2. The van der Waals surface area contributed by atoms with Gasteiger partial charge in [-0.1, -0.05) is 233 Å². The number of carbonyl (C=O) groups excluding carboxylic acids is 3. The Balaban J connectivity index is 2.38. The first-order valence-corrected chi connectivity index (χ1v) is 31.5. The van der Waals surface area contributed by atoms with Crippen molar-refractivity contribution in [3.05, 3.63) is 0 Å². The zero-order valence-corrected chi connectivity index (χ0v) is 48.2. The van der Waals surface area contributed by atoms with E-state index in [9.17, 15) is 14.4 Å². The lowest BCUT2D eigenvalue weighted by Crippen LogP contribution is -2.50. The average molecular weight is 1020 g/mol. The lowest BCUT2D eigenvalue weighted by molar-refractivity contribution is -0.145. The average Bonchev–Trinajstić information content (AvgIpc) is 3.39. The molecule has 0 spiro atoms. The predicted molar refractivity (Wildman–Crippen MR) is 305 cm³/mol. The van der Waals surface area contributed by atoms with Gasteiger partial charge in [0.05, 0.1) is 39.1 Å². The van der Waals surface area contributed by atoms with Crippen LogP contribution in [-0.4, -0.2) is 142 Å². The van der Waals surface area contributed by atoms with Crippen molar-refractivity contribution in [1.29, 1.82) is 0 Å². The van der Waals surface area contributed by atoms with Gasteiger partial charge in [-0.2, -0.15) is 0 Å². The Morgan fingerprint density at radius 2 is 0.556 bits per heavy atom. The summed E-state index contributed by atoms with van der Waals surface area (Å²) in [6.07, 6.45) is 47.5. The van der Waals surface area contributed by atoms with Crippen LogP contribution in [0.3, 0.4) is 0 Å². The molecular formula is C61H121N5O6. The molecule has 2 N–H and O–H groups in total. The molecule has 1 rings (SSSR count). The van der Waals surface area contributed by atoms with E-state index in [1.807, 2.05) is 0 Å². The SMILES string of the molecule is CCCCCCCCCCCCCCOC(=O)CCN(CCN)CCN1CCN(CCN(CCC(=O)OCCCCCCCCCCCCCC)CCC(=O)OCCCCCCCCCCCCCC)CC1. The van der Waals surface area contributed by atoms with Crippen molar-refractivity contribution < 1.29 is 28.6 Å². The van der Waals surface area contributed by atoms with Crippen LogP contribution >= 0.6 is 0 Å². The van der Waals surface area contributed by atoms with Crippen LogP contribution < -0.4 is 5.73 Å². The Morgan fingerprint density at radius 1 is 0.333 bits per heavy atom. The van der Waals surface area contributed by atoms with Gasteiger partial charge in [0.25, 0.3) is 0 Å². The summed E-state index contributed by atoms with van der Waals surface area (Å²) < 4.78 is 16.9. The first-order valence-electron chi connectivity index (χ1n) is 31.5. The highest BCUT2D eigenvalue weighted by Crippen LogP contribution is 2.15. The van der Waals surface area contributed by atoms with Gasteiger partial charge in [0.15, 0.2) is 0 Å². The number of nitrogens with zero attached hydrogens (tertiary/aromatic N) is 4. The van der Waals surface area contributed by atoms with E-state index in [1.165, 1.54) is 193 Å². The molecule has 1 heterocycles. The lowest BCUT2D eigenvalue weighted by atomic mass is 10.1. The summed E-state index contributed by atoms with van der Waals surface area (Å²) in [5.41, 5.74) is 5.98. The predicted octanol–water partition coefficient (Wildman–Crippen LogP) is 14.1. The molecule has 1 aliphatic heterocycles. The third kappa shape index (κ3) is 46.7. The van der Waals surface area contributed by atoms with E-state index < -0.39 is 0 Å². The van der Waals surface area contributed by atoms with E-state index in [0.29, 0.717) is 65.3 Å². The number of rotatable bonds is 56. The molecule has 11 nitrogen and oxygen atoms in total. The third-order valence-corrected chi connectivity index (χ3v) is 15.1. The molecule has 0 aliphatic carbocycles. The monoisotopic (exact) mass is 1020 g/mol. The Hall–Kier alpha value is -1.79. The molecule has 72 heavy (non-hydrogen) atoms. The summed E-state index contributed by atoms with van der Waals surface area (Å²) in [5, 5.41) is 0. The fraction of sp³-hybridized carbons (Fsp3) is 0.951. The van der Waals surface area contributed by atoms with E-state index in [4.69, 9.17) is 19.9 Å². The quantitative estimate of drug-likeness (QED) is 0.0356. The minimum absolute atomic E-state index is 0.0961. The molecule has 1 saturated heterocycles. The van der Waals surface area contributed by atoms with Crippen LogP contribution in [0.4, 0.5) is 0 Å². The molecule has 11 heteroatoms. The van der Waals surface area contributed by atoms with Crippen LogP contribution in [0.15, 0.2) is 0 Å². The summed E-state index contributed by atoms with van der Waals surface area (Å²) in [5.74, 6) is -0.371. The van der Waals surface area contributed by atoms with Crippen LogP contribution in [0.25, 0.3) is 0 Å². The summed E-state index contributed by atoms with van der Waals surface area (Å²) in [4.78, 5) is 47.8. The minimum atomic E-state index is -0.137. The molecule has 0 atom stereocenters. The number of carbonyl (C=O) groups is 3. The highest BCUT2D eigenvalue weighted by atomic mass is 16.5. The van der Waals surface area contributed by atoms with Crippen LogP contribution in [-0.2, 0) is 28.6 Å². The second-order valence-electron chi connectivity index (χ2n) is 21.7. The number of hydrogen-bond donors (Lipinski definition) is 1. The normalized spacial score (nSPS) is 13.4. The van der Waals surface area contributed by atoms with E-state index in [0.717, 1.165) is 97.4 Å². The smallest absolute Gasteiger partial charge is 0.307 e. The fourth-order valence-corrected chi connectivity index (χ4v) is 10.0. The minimum Gasteiger partial charge on any atom is -0.466 e. The number of piperazine rings is 1. The Kier molecular flexibility index (Phi) is 51.2. The summed E-state index contributed by atoms with van der Waals surface area (Å²) in [6, 6.07) is 0. The molecule has 0 aromatic carbocycles. The second-order valence-corrected chi connectivity index (χ2v) is 21.7. The summed E-state index contributed by atoms with van der Waals surface area (Å²) >= 11 is 0. The van der Waals surface area contributed by atoms with Crippen LogP contribution in [0.2, 0.25) is 0 Å². The Morgan fingerprint density at radius 3 is 0.792 bits per heavy atom. The topological polar surface area (TPSA) is 118 Å².